The van der Waals surface area contributed by atoms with Crippen molar-refractivity contribution >= 4 is 5.97 Å². The Morgan fingerprint density at radius 1 is 1.70 bits per heavy atom. The first-order valence-electron chi connectivity index (χ1n) is 3.30. The number of hydrogen-bond acceptors (Lipinski definition) is 3. The second kappa shape index (κ2) is 5.20. The number of carboxylic acid groups (broad SMARTS) is 1. The Kier molecular flexibility index (Phi) is 4.88. The van der Waals surface area contributed by atoms with Gasteiger partial charge in [-0.1, -0.05) is 6.92 Å². The minimum Gasteiger partial charge on any atom is -0.481 e. The Morgan fingerprint density at radius 2 is 2.30 bits per heavy atom. The van der Waals surface area contributed by atoms with Crippen molar-refractivity contribution in [3.05, 3.63) is 0 Å². The Labute approximate surface area is 59.9 Å². The van der Waals surface area contributed by atoms with Crippen LogP contribution in [0.5, 0.6) is 0 Å². The molecule has 0 amide bonds. The lowest BCUT2D eigenvalue weighted by Gasteiger charge is -2.07. The minimum atomic E-state index is -0.851. The molecule has 0 rings (SSSR count). The summed E-state index contributed by atoms with van der Waals surface area (Å²) in [4.78, 5) is 9.95. The van der Waals surface area contributed by atoms with Gasteiger partial charge in [-0.05, 0) is 6.42 Å². The number of rotatable bonds is 5. The average molecular weight is 147 g/mol. The monoisotopic (exact) mass is 147 g/mol. The van der Waals surface area contributed by atoms with Gasteiger partial charge in [0.15, 0.2) is 0 Å². The molecule has 60 valence electrons. The molecule has 4 nitrogen and oxygen atoms in total. The fourth-order valence-corrected chi connectivity index (χ4v) is 0.490. The van der Waals surface area contributed by atoms with E-state index >= 15 is 0 Å². The predicted octanol–water partition coefficient (Wildman–Crippen LogP) is -0.221. The van der Waals surface area contributed by atoms with Crippen LogP contribution in [-0.2, 0) is 4.79 Å². The smallest absolute Gasteiger partial charge is 0.304 e. The number of hydrogen-bond donors (Lipinski definition) is 3. The van der Waals surface area contributed by atoms with Crippen molar-refractivity contribution in [1.29, 1.82) is 0 Å². The Balaban J connectivity index is 3.11. The Hall–Kier alpha value is -0.610. The topological polar surface area (TPSA) is 69.6 Å². The lowest BCUT2D eigenvalue weighted by atomic mass is 10.4. The molecule has 0 bridgehead atoms. The maximum Gasteiger partial charge on any atom is 0.304 e. The summed E-state index contributed by atoms with van der Waals surface area (Å²) in [6, 6.07) is 0. The molecule has 10 heavy (non-hydrogen) atoms. The standard InChI is InChI=1S/C6H13NO3/c1-2-5(8)7-4-3-6(9)10/h5,7-8H,2-4H2,1H3,(H,9,10). The number of nitrogens with one attached hydrogen (secondary N) is 1. The van der Waals surface area contributed by atoms with Gasteiger partial charge in [-0.25, -0.2) is 0 Å². The van der Waals surface area contributed by atoms with Crippen LogP contribution in [0.1, 0.15) is 19.8 Å². The number of carboxylic acids is 1. The molecular weight excluding hydrogens is 134 g/mol. The number of carbonyl (C=O) groups is 1. The third kappa shape index (κ3) is 5.53. The predicted molar refractivity (Wildman–Crippen MR) is 36.6 cm³/mol. The Morgan fingerprint density at radius 3 is 2.70 bits per heavy atom. The molecule has 0 saturated heterocycles. The third-order valence-corrected chi connectivity index (χ3v) is 1.11. The summed E-state index contributed by atoms with van der Waals surface area (Å²) in [5.74, 6) is -0.851. The number of aliphatic hydroxyl groups is 1. The van der Waals surface area contributed by atoms with Crippen LogP contribution in [0.4, 0.5) is 0 Å². The number of aliphatic hydroxyl groups excluding tert-OH is 1. The van der Waals surface area contributed by atoms with Crippen LogP contribution in [0.2, 0.25) is 0 Å². The maximum atomic E-state index is 9.95. The summed E-state index contributed by atoms with van der Waals surface area (Å²) < 4.78 is 0. The lowest BCUT2D eigenvalue weighted by Crippen LogP contribution is -2.29. The van der Waals surface area contributed by atoms with Gasteiger partial charge in [0.05, 0.1) is 6.42 Å². The molecule has 1 unspecified atom stereocenters. The molecule has 0 heterocycles. The van der Waals surface area contributed by atoms with Crippen molar-refractivity contribution < 1.29 is 15.0 Å². The van der Waals surface area contributed by atoms with Gasteiger partial charge in [0.1, 0.15) is 6.23 Å². The summed E-state index contributed by atoms with van der Waals surface area (Å²) in [5, 5.41) is 19.7. The highest BCUT2D eigenvalue weighted by Crippen LogP contribution is 1.84. The molecule has 0 aromatic heterocycles. The van der Waals surface area contributed by atoms with E-state index in [1.165, 1.54) is 0 Å². The number of aliphatic carboxylic acids is 1. The van der Waals surface area contributed by atoms with Gasteiger partial charge in [0, 0.05) is 6.54 Å². The van der Waals surface area contributed by atoms with Gasteiger partial charge in [-0.15, -0.1) is 0 Å². The van der Waals surface area contributed by atoms with E-state index in [1.807, 2.05) is 6.92 Å². The summed E-state index contributed by atoms with van der Waals surface area (Å²) in [6.07, 6.45) is 0.0794. The van der Waals surface area contributed by atoms with E-state index in [9.17, 15) is 4.79 Å². The summed E-state index contributed by atoms with van der Waals surface area (Å²) in [6.45, 7) is 2.14. The molecule has 0 aliphatic rings. The molecule has 4 heteroatoms. The molecule has 1 atom stereocenters. The van der Waals surface area contributed by atoms with Gasteiger partial charge < -0.3 is 10.2 Å². The van der Waals surface area contributed by atoms with Crippen molar-refractivity contribution in [2.45, 2.75) is 26.0 Å². The maximum absolute atomic E-state index is 9.95. The highest BCUT2D eigenvalue weighted by atomic mass is 16.4. The van der Waals surface area contributed by atoms with Gasteiger partial charge in [0.2, 0.25) is 0 Å². The first-order valence-corrected chi connectivity index (χ1v) is 3.30. The van der Waals surface area contributed by atoms with E-state index in [1.54, 1.807) is 0 Å². The van der Waals surface area contributed by atoms with Crippen LogP contribution in [-0.4, -0.2) is 29.0 Å². The first-order chi connectivity index (χ1) is 4.66. The fraction of sp³-hybridized carbons (Fsp3) is 0.833. The van der Waals surface area contributed by atoms with Crippen LogP contribution < -0.4 is 5.32 Å². The molecular formula is C6H13NO3. The molecule has 0 aliphatic carbocycles. The summed E-state index contributed by atoms with van der Waals surface area (Å²) in [7, 11) is 0. The van der Waals surface area contributed by atoms with Crippen LogP contribution >= 0.6 is 0 Å². The van der Waals surface area contributed by atoms with Crippen molar-refractivity contribution in [2.24, 2.45) is 0 Å². The zero-order chi connectivity index (χ0) is 7.98. The molecule has 0 radical (unpaired) electrons. The highest BCUT2D eigenvalue weighted by molar-refractivity contribution is 5.66. The molecule has 0 aromatic rings. The SMILES string of the molecule is CCC(O)NCCC(=O)O. The molecule has 3 N–H and O–H groups in total. The zero-order valence-corrected chi connectivity index (χ0v) is 6.00. The largest absolute Gasteiger partial charge is 0.481 e. The van der Waals surface area contributed by atoms with E-state index in [0.717, 1.165) is 0 Å². The molecule has 0 spiro atoms. The minimum absolute atomic E-state index is 0.0526. The van der Waals surface area contributed by atoms with Gasteiger partial charge >= 0.3 is 5.97 Å². The van der Waals surface area contributed by atoms with Crippen molar-refractivity contribution in [3.8, 4) is 0 Å². The molecule has 0 aliphatic heterocycles. The van der Waals surface area contributed by atoms with E-state index < -0.39 is 12.2 Å². The highest BCUT2D eigenvalue weighted by Gasteiger charge is 1.99. The van der Waals surface area contributed by atoms with E-state index in [0.29, 0.717) is 13.0 Å². The molecule has 0 aromatic carbocycles. The van der Waals surface area contributed by atoms with Gasteiger partial charge in [0.25, 0.3) is 0 Å². The lowest BCUT2D eigenvalue weighted by molar-refractivity contribution is -0.137. The summed E-state index contributed by atoms with van der Waals surface area (Å²) >= 11 is 0. The fourth-order valence-electron chi connectivity index (χ4n) is 0.490. The van der Waals surface area contributed by atoms with Gasteiger partial charge in [-0.2, -0.15) is 0 Å². The quantitative estimate of drug-likeness (QED) is 0.470. The second-order valence-electron chi connectivity index (χ2n) is 2.02. The van der Waals surface area contributed by atoms with Crippen LogP contribution in [0, 0.1) is 0 Å². The Bertz CT molecular complexity index is 105. The van der Waals surface area contributed by atoms with Crippen molar-refractivity contribution in [1.82, 2.24) is 5.32 Å². The molecule has 0 fully saturated rings. The average Bonchev–Trinajstić information content (AvgIpc) is 1.87. The first kappa shape index (κ1) is 9.39. The second-order valence-corrected chi connectivity index (χ2v) is 2.02. The van der Waals surface area contributed by atoms with Crippen molar-refractivity contribution in [2.75, 3.05) is 6.54 Å². The molecule has 0 saturated carbocycles. The van der Waals surface area contributed by atoms with Crippen LogP contribution in [0.25, 0.3) is 0 Å². The third-order valence-electron chi connectivity index (χ3n) is 1.11. The zero-order valence-electron chi connectivity index (χ0n) is 6.00. The van der Waals surface area contributed by atoms with Crippen LogP contribution in [0.3, 0.4) is 0 Å². The van der Waals surface area contributed by atoms with Gasteiger partial charge in [-0.3, -0.25) is 10.1 Å². The van der Waals surface area contributed by atoms with E-state index in [-0.39, 0.29) is 6.42 Å². The summed E-state index contributed by atoms with van der Waals surface area (Å²) in [5.41, 5.74) is 0. The normalized spacial score (nSPS) is 13.0. The van der Waals surface area contributed by atoms with Crippen molar-refractivity contribution in [3.63, 3.8) is 0 Å². The van der Waals surface area contributed by atoms with Crippen LogP contribution in [0.15, 0.2) is 0 Å². The van der Waals surface area contributed by atoms with E-state index in [2.05, 4.69) is 5.32 Å². The van der Waals surface area contributed by atoms with E-state index in [4.69, 9.17) is 10.2 Å².